The Kier molecular flexibility index (Phi) is 4.09. The Morgan fingerprint density at radius 1 is 1.47 bits per heavy atom. The zero-order chi connectivity index (χ0) is 11.3. The van der Waals surface area contributed by atoms with Crippen LogP contribution in [0.3, 0.4) is 0 Å². The van der Waals surface area contributed by atoms with Crippen molar-refractivity contribution in [2.45, 2.75) is 13.3 Å². The van der Waals surface area contributed by atoms with Crippen molar-refractivity contribution in [2.24, 2.45) is 0 Å². The van der Waals surface area contributed by atoms with E-state index in [1.807, 2.05) is 0 Å². The van der Waals surface area contributed by atoms with Crippen LogP contribution in [0.15, 0.2) is 18.2 Å². The van der Waals surface area contributed by atoms with Gasteiger partial charge in [-0.05, 0) is 24.6 Å². The second-order valence-electron chi connectivity index (χ2n) is 2.95. The van der Waals surface area contributed by atoms with Gasteiger partial charge >= 0.3 is 5.97 Å². The van der Waals surface area contributed by atoms with Crippen molar-refractivity contribution in [3.05, 3.63) is 29.6 Å². The van der Waals surface area contributed by atoms with E-state index in [1.54, 1.807) is 6.92 Å². The van der Waals surface area contributed by atoms with Gasteiger partial charge in [0.1, 0.15) is 0 Å². The molecule has 0 N–H and O–H groups in total. The first kappa shape index (κ1) is 11.5. The van der Waals surface area contributed by atoms with Crippen molar-refractivity contribution in [3.63, 3.8) is 0 Å². The second kappa shape index (κ2) is 5.34. The molecule has 0 saturated carbocycles. The van der Waals surface area contributed by atoms with E-state index in [4.69, 9.17) is 9.47 Å². The van der Waals surface area contributed by atoms with Crippen LogP contribution in [0.2, 0.25) is 0 Å². The van der Waals surface area contributed by atoms with E-state index in [0.717, 1.165) is 0 Å². The molecule has 1 aromatic rings. The van der Waals surface area contributed by atoms with Crippen molar-refractivity contribution in [1.82, 2.24) is 0 Å². The molecule has 0 fully saturated rings. The van der Waals surface area contributed by atoms with Gasteiger partial charge in [-0.3, -0.25) is 4.79 Å². The Morgan fingerprint density at radius 3 is 2.80 bits per heavy atom. The maximum absolute atomic E-state index is 13.0. The lowest BCUT2D eigenvalue weighted by atomic mass is 10.1. The molecule has 3 nitrogen and oxygen atoms in total. The van der Waals surface area contributed by atoms with E-state index in [0.29, 0.717) is 12.2 Å². The number of halogens is 1. The fraction of sp³-hybridized carbons (Fsp3) is 0.364. The third-order valence-corrected chi connectivity index (χ3v) is 1.87. The maximum Gasteiger partial charge on any atom is 0.310 e. The molecule has 0 spiro atoms. The molecule has 82 valence electrons. The van der Waals surface area contributed by atoms with Gasteiger partial charge in [0.2, 0.25) is 0 Å². The highest BCUT2D eigenvalue weighted by molar-refractivity contribution is 5.72. The summed E-state index contributed by atoms with van der Waals surface area (Å²) in [5.74, 6) is -0.631. The fourth-order valence-corrected chi connectivity index (χ4v) is 1.19. The molecule has 0 aliphatic heterocycles. The molecule has 0 unspecified atom stereocenters. The molecule has 0 aromatic heterocycles. The number of carbonyl (C=O) groups excluding carboxylic acids is 1. The highest BCUT2D eigenvalue weighted by Crippen LogP contribution is 2.18. The molecule has 0 saturated heterocycles. The van der Waals surface area contributed by atoms with Crippen LogP contribution in [-0.2, 0) is 16.0 Å². The Labute approximate surface area is 87.8 Å². The van der Waals surface area contributed by atoms with Crippen LogP contribution in [0.1, 0.15) is 12.5 Å². The average molecular weight is 212 g/mol. The smallest absolute Gasteiger partial charge is 0.310 e. The van der Waals surface area contributed by atoms with E-state index in [2.05, 4.69) is 0 Å². The minimum atomic E-state index is -0.440. The van der Waals surface area contributed by atoms with Gasteiger partial charge in [-0.15, -0.1) is 0 Å². The number of rotatable bonds is 4. The maximum atomic E-state index is 13.0. The fourth-order valence-electron chi connectivity index (χ4n) is 1.19. The Morgan fingerprint density at radius 2 is 2.20 bits per heavy atom. The van der Waals surface area contributed by atoms with E-state index in [1.165, 1.54) is 25.3 Å². The second-order valence-corrected chi connectivity index (χ2v) is 2.95. The van der Waals surface area contributed by atoms with Gasteiger partial charge in [0.15, 0.2) is 11.6 Å². The summed E-state index contributed by atoms with van der Waals surface area (Å²) in [5.41, 5.74) is 0.673. The van der Waals surface area contributed by atoms with Crippen molar-refractivity contribution in [2.75, 3.05) is 13.7 Å². The van der Waals surface area contributed by atoms with Crippen LogP contribution < -0.4 is 4.74 Å². The molecule has 0 aliphatic rings. The van der Waals surface area contributed by atoms with E-state index >= 15 is 0 Å². The van der Waals surface area contributed by atoms with Gasteiger partial charge in [-0.25, -0.2) is 4.39 Å². The first-order valence-corrected chi connectivity index (χ1v) is 4.65. The van der Waals surface area contributed by atoms with Crippen LogP contribution in [0.25, 0.3) is 0 Å². The summed E-state index contributed by atoms with van der Waals surface area (Å²) in [5, 5.41) is 0. The molecule has 0 heterocycles. The van der Waals surface area contributed by atoms with Crippen molar-refractivity contribution in [1.29, 1.82) is 0 Å². The summed E-state index contributed by atoms with van der Waals surface area (Å²) in [6.07, 6.45) is 0.129. The van der Waals surface area contributed by atoms with Crippen LogP contribution >= 0.6 is 0 Å². The number of hydrogen-bond acceptors (Lipinski definition) is 3. The predicted molar refractivity (Wildman–Crippen MR) is 53.3 cm³/mol. The molecule has 4 heteroatoms. The predicted octanol–water partition coefficient (Wildman–Crippen LogP) is 1.94. The van der Waals surface area contributed by atoms with Crippen LogP contribution in [0.5, 0.6) is 5.75 Å². The number of ether oxygens (including phenoxy) is 2. The summed E-state index contributed by atoms with van der Waals surface area (Å²) in [6.45, 7) is 2.08. The number of carbonyl (C=O) groups is 1. The molecule has 0 aliphatic carbocycles. The third-order valence-electron chi connectivity index (χ3n) is 1.87. The van der Waals surface area contributed by atoms with E-state index in [-0.39, 0.29) is 18.1 Å². The van der Waals surface area contributed by atoms with Crippen LogP contribution in [0.4, 0.5) is 4.39 Å². The lowest BCUT2D eigenvalue weighted by molar-refractivity contribution is -0.142. The van der Waals surface area contributed by atoms with Crippen molar-refractivity contribution in [3.8, 4) is 5.75 Å². The molecule has 1 rings (SSSR count). The quantitative estimate of drug-likeness (QED) is 0.715. The minimum Gasteiger partial charge on any atom is -0.494 e. The van der Waals surface area contributed by atoms with Crippen molar-refractivity contribution >= 4 is 5.97 Å². The minimum absolute atomic E-state index is 0.129. The molecule has 0 bridgehead atoms. The number of methoxy groups -OCH3 is 1. The lowest BCUT2D eigenvalue weighted by Crippen LogP contribution is -2.07. The summed E-state index contributed by atoms with van der Waals surface area (Å²) in [4.78, 5) is 11.1. The van der Waals surface area contributed by atoms with E-state index in [9.17, 15) is 9.18 Å². The zero-order valence-electron chi connectivity index (χ0n) is 8.75. The summed E-state index contributed by atoms with van der Waals surface area (Å²) in [7, 11) is 1.38. The van der Waals surface area contributed by atoms with Gasteiger partial charge in [0.25, 0.3) is 0 Å². The molecular formula is C11H13FO3. The molecule has 1 aromatic carbocycles. The molecule has 0 amide bonds. The average Bonchev–Trinajstić information content (AvgIpc) is 2.21. The highest BCUT2D eigenvalue weighted by Gasteiger charge is 2.07. The van der Waals surface area contributed by atoms with Gasteiger partial charge in [-0.2, -0.15) is 0 Å². The highest BCUT2D eigenvalue weighted by atomic mass is 19.1. The Balaban J connectivity index is 2.74. The van der Waals surface area contributed by atoms with Gasteiger partial charge < -0.3 is 9.47 Å². The molecule has 15 heavy (non-hydrogen) atoms. The largest absolute Gasteiger partial charge is 0.494 e. The topological polar surface area (TPSA) is 35.5 Å². The molecular weight excluding hydrogens is 199 g/mol. The summed E-state index contributed by atoms with van der Waals surface area (Å²) in [6, 6.07) is 4.30. The van der Waals surface area contributed by atoms with E-state index < -0.39 is 5.82 Å². The van der Waals surface area contributed by atoms with Crippen LogP contribution in [0, 0.1) is 5.82 Å². The number of benzene rings is 1. The molecule has 0 atom stereocenters. The van der Waals surface area contributed by atoms with Gasteiger partial charge in [0.05, 0.1) is 20.1 Å². The number of hydrogen-bond donors (Lipinski definition) is 0. The molecule has 0 radical (unpaired) electrons. The Bertz CT molecular complexity index is 350. The SMILES string of the molecule is CCOC(=O)Cc1ccc(F)c(OC)c1. The monoisotopic (exact) mass is 212 g/mol. The Hall–Kier alpha value is -1.58. The lowest BCUT2D eigenvalue weighted by Gasteiger charge is -2.05. The summed E-state index contributed by atoms with van der Waals surface area (Å²) < 4.78 is 22.6. The standard InChI is InChI=1S/C11H13FO3/c1-3-15-11(13)7-8-4-5-9(12)10(6-8)14-2/h4-6H,3,7H2,1-2H3. The van der Waals surface area contributed by atoms with Crippen LogP contribution in [-0.4, -0.2) is 19.7 Å². The normalized spacial score (nSPS) is 9.80. The zero-order valence-corrected chi connectivity index (χ0v) is 8.75. The summed E-state index contributed by atoms with van der Waals surface area (Å²) >= 11 is 0. The third kappa shape index (κ3) is 3.23. The van der Waals surface area contributed by atoms with Gasteiger partial charge in [0, 0.05) is 0 Å². The first-order valence-electron chi connectivity index (χ1n) is 4.65. The number of esters is 1. The van der Waals surface area contributed by atoms with Gasteiger partial charge in [-0.1, -0.05) is 6.07 Å². The van der Waals surface area contributed by atoms with Crippen molar-refractivity contribution < 1.29 is 18.7 Å². The first-order chi connectivity index (χ1) is 7.17.